The molecule has 28 heavy (non-hydrogen) atoms. The number of nitrogens with one attached hydrogen (secondary N) is 3. The van der Waals surface area contributed by atoms with Crippen molar-refractivity contribution in [1.29, 1.82) is 5.41 Å². The van der Waals surface area contributed by atoms with Gasteiger partial charge in [-0.25, -0.2) is 0 Å². The van der Waals surface area contributed by atoms with E-state index in [1.165, 1.54) is 5.56 Å². The van der Waals surface area contributed by atoms with E-state index in [-0.39, 0.29) is 5.84 Å². The number of nitrogens with zero attached hydrogens (tertiary/aromatic N) is 1. The molecule has 2 heterocycles. The molecule has 5 N–H and O–H groups in total. The Hall–Kier alpha value is -3.67. The molecule has 1 aliphatic heterocycles. The number of hydrogen-bond acceptors (Lipinski definition) is 4. The van der Waals surface area contributed by atoms with Gasteiger partial charge in [-0.05, 0) is 35.8 Å². The summed E-state index contributed by atoms with van der Waals surface area (Å²) in [5.41, 5.74) is 14.2. The van der Waals surface area contributed by atoms with E-state index in [9.17, 15) is 0 Å². The standard InChI is InChI=1S/C22H23N5O/c1-28-21-10-9-19(16-5-3-2-4-6-16)26-27(21)12-11-15-7-8-20-17(13-15)18(14-25-20)22(23)24/h2-10,13-14,25-26H,11-12H2,1H3,(H3,23,24). The third-order valence-electron chi connectivity index (χ3n) is 4.87. The zero-order chi connectivity index (χ0) is 19.5. The van der Waals surface area contributed by atoms with Crippen molar-refractivity contribution in [1.82, 2.24) is 15.4 Å². The Morgan fingerprint density at radius 3 is 2.71 bits per heavy atom. The van der Waals surface area contributed by atoms with Gasteiger partial charge in [0.2, 0.25) is 5.88 Å². The first-order valence-corrected chi connectivity index (χ1v) is 9.15. The maximum absolute atomic E-state index is 7.73. The average molecular weight is 373 g/mol. The second kappa shape index (κ2) is 7.52. The van der Waals surface area contributed by atoms with Crippen LogP contribution < -0.4 is 11.2 Å². The zero-order valence-corrected chi connectivity index (χ0v) is 15.7. The number of rotatable bonds is 6. The van der Waals surface area contributed by atoms with Crippen molar-refractivity contribution in [2.24, 2.45) is 5.73 Å². The zero-order valence-electron chi connectivity index (χ0n) is 15.7. The minimum Gasteiger partial charge on any atom is -0.481 e. The fourth-order valence-electron chi connectivity index (χ4n) is 3.39. The first-order chi connectivity index (χ1) is 13.7. The van der Waals surface area contributed by atoms with Crippen molar-refractivity contribution in [2.45, 2.75) is 6.42 Å². The van der Waals surface area contributed by atoms with Crippen molar-refractivity contribution >= 4 is 22.4 Å². The van der Waals surface area contributed by atoms with Gasteiger partial charge in [0.25, 0.3) is 0 Å². The average Bonchev–Trinajstić information content (AvgIpc) is 3.16. The van der Waals surface area contributed by atoms with Gasteiger partial charge in [0, 0.05) is 35.3 Å². The second-order valence-electron chi connectivity index (χ2n) is 6.66. The van der Waals surface area contributed by atoms with E-state index in [1.807, 2.05) is 41.4 Å². The number of hydrogen-bond donors (Lipinski definition) is 4. The van der Waals surface area contributed by atoms with Crippen LogP contribution in [0.15, 0.2) is 72.8 Å². The van der Waals surface area contributed by atoms with Crippen LogP contribution in [0.4, 0.5) is 0 Å². The number of ether oxygens (including phenoxy) is 1. The van der Waals surface area contributed by atoms with Crippen LogP contribution in [-0.4, -0.2) is 29.5 Å². The van der Waals surface area contributed by atoms with Crippen LogP contribution in [-0.2, 0) is 11.2 Å². The molecule has 0 radical (unpaired) electrons. The molecule has 0 spiro atoms. The summed E-state index contributed by atoms with van der Waals surface area (Å²) >= 11 is 0. The molecule has 1 aromatic heterocycles. The normalized spacial score (nSPS) is 13.7. The minimum absolute atomic E-state index is 0.0725. The lowest BCUT2D eigenvalue weighted by Gasteiger charge is -2.31. The molecule has 3 aromatic rings. The molecule has 0 atom stereocenters. The lowest BCUT2D eigenvalue weighted by atomic mass is 10.1. The Labute approximate surface area is 163 Å². The number of amidine groups is 1. The fourth-order valence-corrected chi connectivity index (χ4v) is 3.39. The maximum atomic E-state index is 7.73. The Morgan fingerprint density at radius 1 is 1.14 bits per heavy atom. The van der Waals surface area contributed by atoms with Gasteiger partial charge < -0.3 is 15.5 Å². The van der Waals surface area contributed by atoms with Crippen LogP contribution in [0.3, 0.4) is 0 Å². The molecule has 0 saturated heterocycles. The number of hydrazine groups is 1. The van der Waals surface area contributed by atoms with E-state index < -0.39 is 0 Å². The molecule has 0 amide bonds. The first-order valence-electron chi connectivity index (χ1n) is 9.15. The SMILES string of the molecule is COC1=CC=C(c2ccccc2)NN1CCc1ccc2[nH]cc(C(=N)N)c2c1. The van der Waals surface area contributed by atoms with E-state index >= 15 is 0 Å². The summed E-state index contributed by atoms with van der Waals surface area (Å²) < 4.78 is 5.52. The third kappa shape index (κ3) is 3.44. The highest BCUT2D eigenvalue weighted by molar-refractivity contribution is 6.07. The lowest BCUT2D eigenvalue weighted by molar-refractivity contribution is 0.127. The largest absolute Gasteiger partial charge is 0.481 e. The molecule has 0 saturated carbocycles. The molecular formula is C22H23N5O. The van der Waals surface area contributed by atoms with Crippen molar-refractivity contribution in [2.75, 3.05) is 13.7 Å². The van der Waals surface area contributed by atoms with Gasteiger partial charge in [0.1, 0.15) is 5.84 Å². The van der Waals surface area contributed by atoms with Gasteiger partial charge in [0.15, 0.2) is 0 Å². The van der Waals surface area contributed by atoms with Crippen LogP contribution in [0.25, 0.3) is 16.6 Å². The molecule has 142 valence electrons. The highest BCUT2D eigenvalue weighted by Crippen LogP contribution is 2.22. The van der Waals surface area contributed by atoms with Crippen molar-refractivity contribution in [3.05, 3.63) is 89.5 Å². The molecule has 2 aromatic carbocycles. The van der Waals surface area contributed by atoms with Gasteiger partial charge in [-0.15, -0.1) is 0 Å². The quantitative estimate of drug-likeness (QED) is 0.394. The maximum Gasteiger partial charge on any atom is 0.208 e. The summed E-state index contributed by atoms with van der Waals surface area (Å²) in [4.78, 5) is 3.16. The number of methoxy groups -OCH3 is 1. The Kier molecular flexibility index (Phi) is 4.76. The molecule has 0 unspecified atom stereocenters. The van der Waals surface area contributed by atoms with Crippen LogP contribution in [0, 0.1) is 5.41 Å². The number of fused-ring (bicyclic) bond motifs is 1. The summed E-state index contributed by atoms with van der Waals surface area (Å²) in [5, 5.41) is 10.7. The first kappa shape index (κ1) is 17.7. The van der Waals surface area contributed by atoms with E-state index in [0.717, 1.165) is 46.6 Å². The number of H-pyrrole nitrogens is 1. The number of aromatic nitrogens is 1. The summed E-state index contributed by atoms with van der Waals surface area (Å²) in [5.74, 6) is 0.843. The van der Waals surface area contributed by atoms with Crippen molar-refractivity contribution in [3.63, 3.8) is 0 Å². The summed E-state index contributed by atoms with van der Waals surface area (Å²) in [6.45, 7) is 0.731. The summed E-state index contributed by atoms with van der Waals surface area (Å²) in [6.07, 6.45) is 6.59. The third-order valence-corrected chi connectivity index (χ3v) is 4.87. The number of aromatic amines is 1. The molecular weight excluding hydrogens is 350 g/mol. The highest BCUT2D eigenvalue weighted by Gasteiger charge is 2.16. The number of allylic oxidation sites excluding steroid dienone is 2. The minimum atomic E-state index is 0.0725. The molecule has 0 bridgehead atoms. The van der Waals surface area contributed by atoms with Crippen molar-refractivity contribution in [3.8, 4) is 0 Å². The van der Waals surface area contributed by atoms with Crippen LogP contribution in [0.2, 0.25) is 0 Å². The van der Waals surface area contributed by atoms with Crippen molar-refractivity contribution < 1.29 is 4.74 Å². The number of nitrogen functional groups attached to an aromatic ring is 1. The van der Waals surface area contributed by atoms with E-state index in [4.69, 9.17) is 15.9 Å². The smallest absolute Gasteiger partial charge is 0.208 e. The number of nitrogens with two attached hydrogens (primary N) is 1. The number of benzene rings is 2. The highest BCUT2D eigenvalue weighted by atomic mass is 16.5. The van der Waals surface area contributed by atoms with Crippen LogP contribution >= 0.6 is 0 Å². The molecule has 0 fully saturated rings. The topological polar surface area (TPSA) is 90.2 Å². The molecule has 4 rings (SSSR count). The van der Waals surface area contributed by atoms with Gasteiger partial charge in [0.05, 0.1) is 12.8 Å². The summed E-state index contributed by atoms with van der Waals surface area (Å²) in [7, 11) is 1.67. The molecule has 0 aliphatic carbocycles. The molecule has 6 heteroatoms. The Bertz CT molecular complexity index is 1060. The van der Waals surface area contributed by atoms with E-state index in [2.05, 4.69) is 34.7 Å². The van der Waals surface area contributed by atoms with E-state index in [0.29, 0.717) is 0 Å². The predicted octanol–water partition coefficient (Wildman–Crippen LogP) is 3.34. The Morgan fingerprint density at radius 2 is 1.96 bits per heavy atom. The molecule has 1 aliphatic rings. The Balaban J connectivity index is 1.52. The fraction of sp³-hybridized carbons (Fsp3) is 0.136. The van der Waals surface area contributed by atoms with Gasteiger partial charge in [-0.2, -0.15) is 0 Å². The van der Waals surface area contributed by atoms with Gasteiger partial charge in [-0.3, -0.25) is 15.8 Å². The monoisotopic (exact) mass is 373 g/mol. The lowest BCUT2D eigenvalue weighted by Crippen LogP contribution is -2.39. The van der Waals surface area contributed by atoms with Crippen LogP contribution in [0.1, 0.15) is 16.7 Å². The van der Waals surface area contributed by atoms with Gasteiger partial charge >= 0.3 is 0 Å². The van der Waals surface area contributed by atoms with Crippen LogP contribution in [0.5, 0.6) is 0 Å². The molecule has 6 nitrogen and oxygen atoms in total. The predicted molar refractivity (Wildman–Crippen MR) is 112 cm³/mol. The van der Waals surface area contributed by atoms with E-state index in [1.54, 1.807) is 13.3 Å². The second-order valence-corrected chi connectivity index (χ2v) is 6.66. The summed E-state index contributed by atoms with van der Waals surface area (Å²) in [6, 6.07) is 16.4. The van der Waals surface area contributed by atoms with Gasteiger partial charge in [-0.1, -0.05) is 36.4 Å².